The van der Waals surface area contributed by atoms with Crippen LogP contribution < -0.4 is 0 Å². The predicted molar refractivity (Wildman–Crippen MR) is 58.8 cm³/mol. The lowest BCUT2D eigenvalue weighted by Crippen LogP contribution is -2.27. The van der Waals surface area contributed by atoms with Crippen molar-refractivity contribution in [2.24, 2.45) is 0 Å². The van der Waals surface area contributed by atoms with Crippen molar-refractivity contribution in [1.29, 1.82) is 0 Å². The van der Waals surface area contributed by atoms with Gasteiger partial charge in [0.05, 0.1) is 10.5 Å². The number of unbranched alkanes of at least 4 members (excludes halogenated alkanes) is 1. The van der Waals surface area contributed by atoms with Crippen molar-refractivity contribution in [3.8, 4) is 0 Å². The predicted octanol–water partition coefficient (Wildman–Crippen LogP) is 1.97. The van der Waals surface area contributed by atoms with E-state index in [1.807, 2.05) is 6.07 Å². The van der Waals surface area contributed by atoms with Crippen LogP contribution in [-0.4, -0.2) is 21.0 Å². The second-order valence-corrected chi connectivity index (χ2v) is 4.89. The van der Waals surface area contributed by atoms with E-state index in [1.165, 1.54) is 4.31 Å². The molecule has 80 valence electrons. The Kier molecular flexibility index (Phi) is 2.86. The van der Waals surface area contributed by atoms with Gasteiger partial charge in [0.25, 0.3) is 5.91 Å². The molecule has 1 heterocycles. The van der Waals surface area contributed by atoms with Gasteiger partial charge in [0, 0.05) is 6.54 Å². The van der Waals surface area contributed by atoms with E-state index in [2.05, 4.69) is 6.92 Å². The molecule has 0 radical (unpaired) electrons. The molecule has 4 heteroatoms. The van der Waals surface area contributed by atoms with Gasteiger partial charge in [-0.25, -0.2) is 4.21 Å². The topological polar surface area (TPSA) is 37.4 Å². The summed E-state index contributed by atoms with van der Waals surface area (Å²) >= 11 is 0. The highest BCUT2D eigenvalue weighted by Crippen LogP contribution is 2.26. The molecule has 1 aromatic carbocycles. The summed E-state index contributed by atoms with van der Waals surface area (Å²) in [5.74, 6) is -0.0996. The van der Waals surface area contributed by atoms with Gasteiger partial charge in [0.2, 0.25) is 0 Å². The molecule has 1 aliphatic heterocycles. The average molecular weight is 223 g/mol. The molecule has 1 atom stereocenters. The Bertz CT molecular complexity index is 382. The third kappa shape index (κ3) is 1.69. The average Bonchev–Trinajstić information content (AvgIpc) is 2.51. The first-order chi connectivity index (χ1) is 7.25. The smallest absolute Gasteiger partial charge is 0.267 e. The highest BCUT2D eigenvalue weighted by atomic mass is 32.2. The second-order valence-electron chi connectivity index (χ2n) is 3.51. The van der Waals surface area contributed by atoms with Crippen LogP contribution in [-0.2, 0) is 11.0 Å². The minimum absolute atomic E-state index is 0.0996. The number of hydrogen-bond acceptors (Lipinski definition) is 2. The Labute approximate surface area is 91.7 Å². The zero-order valence-corrected chi connectivity index (χ0v) is 9.42. The Balaban J connectivity index is 2.29. The van der Waals surface area contributed by atoms with Gasteiger partial charge in [-0.2, -0.15) is 0 Å². The molecule has 1 aromatic rings. The van der Waals surface area contributed by atoms with Crippen LogP contribution in [0.25, 0.3) is 0 Å². The molecule has 2 rings (SSSR count). The zero-order valence-electron chi connectivity index (χ0n) is 8.60. The van der Waals surface area contributed by atoms with Crippen LogP contribution >= 0.6 is 0 Å². The van der Waals surface area contributed by atoms with E-state index in [-0.39, 0.29) is 5.91 Å². The Hall–Kier alpha value is -1.16. The summed E-state index contributed by atoms with van der Waals surface area (Å²) in [5, 5.41) is 0. The summed E-state index contributed by atoms with van der Waals surface area (Å²) in [6.45, 7) is 2.63. The number of nitrogens with zero attached hydrogens (tertiary/aromatic N) is 1. The second kappa shape index (κ2) is 4.14. The van der Waals surface area contributed by atoms with Crippen molar-refractivity contribution < 1.29 is 9.00 Å². The Morgan fingerprint density at radius 2 is 2.07 bits per heavy atom. The summed E-state index contributed by atoms with van der Waals surface area (Å²) in [7, 11) is -1.28. The lowest BCUT2D eigenvalue weighted by atomic mass is 10.2. The largest absolute Gasteiger partial charge is 0.268 e. The van der Waals surface area contributed by atoms with E-state index in [9.17, 15) is 9.00 Å². The number of carbonyl (C=O) groups is 1. The van der Waals surface area contributed by atoms with Crippen LogP contribution in [0.5, 0.6) is 0 Å². The zero-order chi connectivity index (χ0) is 10.8. The maximum atomic E-state index is 11.9. The minimum atomic E-state index is -1.28. The molecule has 0 N–H and O–H groups in total. The van der Waals surface area contributed by atoms with E-state index >= 15 is 0 Å². The molecule has 0 saturated carbocycles. The van der Waals surface area contributed by atoms with Crippen molar-refractivity contribution in [1.82, 2.24) is 4.31 Å². The van der Waals surface area contributed by atoms with Gasteiger partial charge in [-0.15, -0.1) is 0 Å². The third-order valence-electron chi connectivity index (χ3n) is 2.45. The van der Waals surface area contributed by atoms with Gasteiger partial charge >= 0.3 is 0 Å². The summed E-state index contributed by atoms with van der Waals surface area (Å²) in [4.78, 5) is 12.5. The number of amides is 1. The molecular weight excluding hydrogens is 210 g/mol. The van der Waals surface area contributed by atoms with Crippen LogP contribution in [0.4, 0.5) is 0 Å². The molecule has 15 heavy (non-hydrogen) atoms. The summed E-state index contributed by atoms with van der Waals surface area (Å²) in [6, 6.07) is 7.11. The van der Waals surface area contributed by atoms with Crippen molar-refractivity contribution in [2.45, 2.75) is 24.7 Å². The lowest BCUT2D eigenvalue weighted by molar-refractivity contribution is 0.0874. The van der Waals surface area contributed by atoms with Crippen LogP contribution in [0.2, 0.25) is 0 Å². The maximum absolute atomic E-state index is 11.9. The van der Waals surface area contributed by atoms with Crippen molar-refractivity contribution in [2.75, 3.05) is 6.54 Å². The molecule has 1 aliphatic rings. The lowest BCUT2D eigenvalue weighted by Gasteiger charge is -2.12. The van der Waals surface area contributed by atoms with E-state index < -0.39 is 11.0 Å². The van der Waals surface area contributed by atoms with Gasteiger partial charge in [-0.3, -0.25) is 9.10 Å². The molecule has 0 saturated heterocycles. The van der Waals surface area contributed by atoms with E-state index in [0.29, 0.717) is 17.0 Å². The number of fused-ring (bicyclic) bond motifs is 1. The van der Waals surface area contributed by atoms with E-state index in [0.717, 1.165) is 12.8 Å². The molecule has 1 amide bonds. The highest BCUT2D eigenvalue weighted by molar-refractivity contribution is 7.84. The number of rotatable bonds is 3. The fourth-order valence-electron chi connectivity index (χ4n) is 1.61. The molecule has 3 nitrogen and oxygen atoms in total. The summed E-state index contributed by atoms with van der Waals surface area (Å²) in [5.41, 5.74) is 0.590. The standard InChI is InChI=1S/C11H13NO2S/c1-2-3-8-12-11(13)9-6-4-5-7-10(9)15(12)14/h4-7H,2-3,8H2,1H3. The van der Waals surface area contributed by atoms with Gasteiger partial charge in [0.15, 0.2) is 11.0 Å². The highest BCUT2D eigenvalue weighted by Gasteiger charge is 2.33. The van der Waals surface area contributed by atoms with E-state index in [4.69, 9.17) is 0 Å². The first-order valence-corrected chi connectivity index (χ1v) is 6.19. The molecule has 0 aliphatic carbocycles. The van der Waals surface area contributed by atoms with Crippen LogP contribution in [0.1, 0.15) is 30.1 Å². The van der Waals surface area contributed by atoms with Gasteiger partial charge < -0.3 is 0 Å². The van der Waals surface area contributed by atoms with Gasteiger partial charge in [-0.05, 0) is 18.6 Å². The Morgan fingerprint density at radius 1 is 1.33 bits per heavy atom. The number of carbonyl (C=O) groups excluding carboxylic acids is 1. The monoisotopic (exact) mass is 223 g/mol. The molecular formula is C11H13NO2S. The number of hydrogen-bond donors (Lipinski definition) is 0. The maximum Gasteiger partial charge on any atom is 0.267 e. The van der Waals surface area contributed by atoms with E-state index in [1.54, 1.807) is 18.2 Å². The summed E-state index contributed by atoms with van der Waals surface area (Å²) < 4.78 is 13.4. The fourth-order valence-corrected chi connectivity index (χ4v) is 2.93. The van der Waals surface area contributed by atoms with Gasteiger partial charge in [-0.1, -0.05) is 25.5 Å². The van der Waals surface area contributed by atoms with Crippen LogP contribution in [0.15, 0.2) is 29.2 Å². The van der Waals surface area contributed by atoms with Crippen molar-refractivity contribution in [3.05, 3.63) is 29.8 Å². The van der Waals surface area contributed by atoms with Crippen molar-refractivity contribution in [3.63, 3.8) is 0 Å². The molecule has 0 aromatic heterocycles. The SMILES string of the molecule is CCCCN1C(=O)c2ccccc2S1=O. The molecule has 1 unspecified atom stereocenters. The van der Waals surface area contributed by atoms with Gasteiger partial charge in [0.1, 0.15) is 0 Å². The normalized spacial score (nSPS) is 19.4. The summed E-state index contributed by atoms with van der Waals surface area (Å²) in [6.07, 6.45) is 1.89. The van der Waals surface area contributed by atoms with Crippen LogP contribution in [0.3, 0.4) is 0 Å². The quantitative estimate of drug-likeness (QED) is 0.785. The molecule has 0 fully saturated rings. The number of benzene rings is 1. The third-order valence-corrected chi connectivity index (χ3v) is 3.93. The first kappa shape index (κ1) is 10.4. The molecule has 0 bridgehead atoms. The van der Waals surface area contributed by atoms with Crippen molar-refractivity contribution >= 4 is 16.9 Å². The first-order valence-electron chi connectivity index (χ1n) is 5.08. The fraction of sp³-hybridized carbons (Fsp3) is 0.364. The van der Waals surface area contributed by atoms with Crippen LogP contribution in [0, 0.1) is 0 Å². The Morgan fingerprint density at radius 3 is 2.73 bits per heavy atom. The minimum Gasteiger partial charge on any atom is -0.268 e. The molecule has 0 spiro atoms.